The van der Waals surface area contributed by atoms with Gasteiger partial charge in [0, 0.05) is 23.4 Å². The molecule has 0 spiro atoms. The second-order valence-electron chi connectivity index (χ2n) is 8.56. The van der Waals surface area contributed by atoms with Gasteiger partial charge in [-0.25, -0.2) is 13.9 Å². The van der Waals surface area contributed by atoms with Crippen LogP contribution < -0.4 is 0 Å². The first kappa shape index (κ1) is 26.2. The van der Waals surface area contributed by atoms with Gasteiger partial charge >= 0.3 is 0 Å². The number of aromatic nitrogens is 5. The van der Waals surface area contributed by atoms with Crippen LogP contribution in [-0.4, -0.2) is 61.0 Å². The second-order valence-corrected chi connectivity index (χ2v) is 8.56. The molecule has 0 aliphatic carbocycles. The second kappa shape index (κ2) is 10.9. The fraction of sp³-hybridized carbons (Fsp3) is 0.417. The Morgan fingerprint density at radius 2 is 1.85 bits per heavy atom. The molecule has 1 aliphatic heterocycles. The minimum absolute atomic E-state index is 0. The highest BCUT2D eigenvalue weighted by Gasteiger charge is 2.22. The Kier molecular flexibility index (Phi) is 8.41. The maximum Gasteiger partial charge on any atom is 0.156 e. The zero-order chi connectivity index (χ0) is 22.2. The van der Waals surface area contributed by atoms with Gasteiger partial charge in [0.25, 0.3) is 0 Å². The smallest absolute Gasteiger partial charge is 0.156 e. The Bertz CT molecular complexity index is 1290. The number of hydrogen-bond acceptors (Lipinski definition) is 6. The molecule has 1 aliphatic rings. The van der Waals surface area contributed by atoms with Gasteiger partial charge in [-0.15, -0.1) is 24.8 Å². The van der Waals surface area contributed by atoms with Gasteiger partial charge < -0.3 is 10.0 Å². The zero-order valence-corrected chi connectivity index (χ0v) is 20.9. The number of likely N-dealkylation sites (tertiary alicyclic amines) is 1. The Morgan fingerprint density at radius 3 is 2.56 bits per heavy atom. The third-order valence-electron chi connectivity index (χ3n) is 6.39. The first-order chi connectivity index (χ1) is 15.6. The average Bonchev–Trinajstić information content (AvgIpc) is 3.19. The normalized spacial score (nSPS) is 14.8. The monoisotopic (exact) mass is 506 g/mol. The van der Waals surface area contributed by atoms with Crippen molar-refractivity contribution in [2.45, 2.75) is 39.0 Å². The lowest BCUT2D eigenvalue weighted by atomic mass is 9.92. The van der Waals surface area contributed by atoms with Gasteiger partial charge in [-0.3, -0.25) is 0 Å². The van der Waals surface area contributed by atoms with Crippen LogP contribution in [0.5, 0.6) is 0 Å². The number of halogens is 3. The largest absolute Gasteiger partial charge is 0.395 e. The molecule has 1 saturated heterocycles. The molecule has 3 aromatic heterocycles. The van der Waals surface area contributed by atoms with Gasteiger partial charge in [-0.05, 0) is 69.1 Å². The van der Waals surface area contributed by atoms with E-state index in [2.05, 4.69) is 32.1 Å². The average molecular weight is 507 g/mol. The van der Waals surface area contributed by atoms with Crippen LogP contribution in [0.25, 0.3) is 27.8 Å². The molecule has 5 rings (SSSR count). The van der Waals surface area contributed by atoms with Gasteiger partial charge in [0.05, 0.1) is 35.4 Å². The summed E-state index contributed by atoms with van der Waals surface area (Å²) in [7, 11) is 0. The minimum atomic E-state index is -0.312. The summed E-state index contributed by atoms with van der Waals surface area (Å²) in [5.41, 5.74) is 5.54. The van der Waals surface area contributed by atoms with Crippen molar-refractivity contribution in [1.29, 1.82) is 0 Å². The van der Waals surface area contributed by atoms with Crippen molar-refractivity contribution < 1.29 is 9.50 Å². The first-order valence-corrected chi connectivity index (χ1v) is 11.2. The number of fused-ring (bicyclic) bond motifs is 2. The summed E-state index contributed by atoms with van der Waals surface area (Å²) in [4.78, 5) is 6.79. The van der Waals surface area contributed by atoms with Crippen LogP contribution in [0.15, 0.2) is 30.5 Å². The molecule has 1 N–H and O–H groups in total. The molecule has 4 heterocycles. The highest BCUT2D eigenvalue weighted by atomic mass is 35.5. The quantitative estimate of drug-likeness (QED) is 0.433. The summed E-state index contributed by atoms with van der Waals surface area (Å²) in [5.74, 6) is -0.0466. The Morgan fingerprint density at radius 1 is 1.09 bits per heavy atom. The van der Waals surface area contributed by atoms with E-state index in [0.29, 0.717) is 28.7 Å². The predicted octanol–water partition coefficient (Wildman–Crippen LogP) is 4.36. The highest BCUT2D eigenvalue weighted by molar-refractivity contribution is 5.86. The van der Waals surface area contributed by atoms with Crippen molar-refractivity contribution in [1.82, 2.24) is 29.7 Å². The summed E-state index contributed by atoms with van der Waals surface area (Å²) in [5, 5.41) is 23.1. The molecule has 0 unspecified atom stereocenters. The van der Waals surface area contributed by atoms with E-state index in [1.807, 2.05) is 31.3 Å². The maximum absolute atomic E-state index is 15.2. The zero-order valence-electron chi connectivity index (χ0n) is 19.2. The third-order valence-corrected chi connectivity index (χ3v) is 6.39. The Balaban J connectivity index is 0.00000162. The summed E-state index contributed by atoms with van der Waals surface area (Å²) in [6, 6.07) is 7.22. The number of aryl methyl sites for hydroxylation is 2. The Labute approximate surface area is 210 Å². The predicted molar refractivity (Wildman–Crippen MR) is 136 cm³/mol. The molecular formula is C24H29Cl2FN6O. The fourth-order valence-electron chi connectivity index (χ4n) is 4.61. The van der Waals surface area contributed by atoms with Crippen molar-refractivity contribution in [3.8, 4) is 11.3 Å². The van der Waals surface area contributed by atoms with Crippen LogP contribution in [0, 0.1) is 12.7 Å². The molecule has 4 aromatic rings. The molecule has 0 atom stereocenters. The van der Waals surface area contributed by atoms with Crippen LogP contribution in [0.1, 0.15) is 42.6 Å². The molecule has 34 heavy (non-hydrogen) atoms. The van der Waals surface area contributed by atoms with Crippen molar-refractivity contribution in [2.75, 3.05) is 26.2 Å². The third kappa shape index (κ3) is 5.00. The van der Waals surface area contributed by atoms with E-state index in [0.717, 1.165) is 55.0 Å². The standard InChI is InChI=1S/C24H27FN6O.2ClH/c1-3-16-11-22(29-31-14-15(2)26-24(16)31)18-10-20(25)19-13-21(27-28-23(19)12-18)17-4-6-30(7-5-17)8-9-32;;/h10-14,17,32H,3-9H2,1-2H3;2*1H. The van der Waals surface area contributed by atoms with E-state index in [9.17, 15) is 0 Å². The van der Waals surface area contributed by atoms with Crippen LogP contribution in [0.2, 0.25) is 0 Å². The van der Waals surface area contributed by atoms with Crippen LogP contribution in [0.4, 0.5) is 4.39 Å². The number of rotatable bonds is 5. The summed E-state index contributed by atoms with van der Waals surface area (Å²) in [6.07, 6.45) is 4.57. The Hall–Kier alpha value is -2.39. The van der Waals surface area contributed by atoms with E-state index >= 15 is 4.39 Å². The van der Waals surface area contributed by atoms with Crippen LogP contribution >= 0.6 is 24.8 Å². The van der Waals surface area contributed by atoms with E-state index in [4.69, 9.17) is 5.11 Å². The number of benzene rings is 1. The molecule has 0 saturated carbocycles. The topological polar surface area (TPSA) is 79.4 Å². The number of β-amino-alcohol motifs (C(OH)–C–C–N with tert-alkyl or cyclic N) is 1. The molecule has 0 radical (unpaired) electrons. The number of nitrogens with zero attached hydrogens (tertiary/aromatic N) is 6. The van der Waals surface area contributed by atoms with Crippen LogP contribution in [0.3, 0.4) is 0 Å². The van der Waals surface area contributed by atoms with Crippen LogP contribution in [-0.2, 0) is 6.42 Å². The molecule has 10 heteroatoms. The fourth-order valence-corrected chi connectivity index (χ4v) is 4.61. The lowest BCUT2D eigenvalue weighted by Gasteiger charge is -2.30. The molecule has 0 amide bonds. The van der Waals surface area contributed by atoms with Crippen molar-refractivity contribution in [3.05, 3.63) is 53.2 Å². The minimum Gasteiger partial charge on any atom is -0.395 e. The van der Waals surface area contributed by atoms with Gasteiger partial charge in [0.15, 0.2) is 5.65 Å². The summed E-state index contributed by atoms with van der Waals surface area (Å²) >= 11 is 0. The summed E-state index contributed by atoms with van der Waals surface area (Å²) in [6.45, 7) is 6.71. The first-order valence-electron chi connectivity index (χ1n) is 11.2. The van der Waals surface area contributed by atoms with E-state index < -0.39 is 0 Å². The molecule has 182 valence electrons. The van der Waals surface area contributed by atoms with Gasteiger partial charge in [-0.1, -0.05) is 6.92 Å². The lowest BCUT2D eigenvalue weighted by Crippen LogP contribution is -2.35. The van der Waals surface area contributed by atoms with Gasteiger partial charge in [0.1, 0.15) is 5.82 Å². The lowest BCUT2D eigenvalue weighted by molar-refractivity contribution is 0.163. The molecule has 0 bridgehead atoms. The maximum atomic E-state index is 15.2. The molecule has 7 nitrogen and oxygen atoms in total. The van der Waals surface area contributed by atoms with Crippen molar-refractivity contribution >= 4 is 41.4 Å². The van der Waals surface area contributed by atoms with E-state index in [1.165, 1.54) is 6.07 Å². The highest BCUT2D eigenvalue weighted by Crippen LogP contribution is 2.31. The number of hydrogen-bond donors (Lipinski definition) is 1. The molecule has 1 fully saturated rings. The number of piperidine rings is 1. The van der Waals surface area contributed by atoms with E-state index in [-0.39, 0.29) is 43.2 Å². The van der Waals surface area contributed by atoms with Gasteiger partial charge in [-0.2, -0.15) is 15.3 Å². The number of aliphatic hydroxyl groups excluding tert-OH is 1. The molecular weight excluding hydrogens is 478 g/mol. The number of aliphatic hydroxyl groups is 1. The number of imidazole rings is 1. The molecule has 1 aromatic carbocycles. The van der Waals surface area contributed by atoms with Crippen molar-refractivity contribution in [3.63, 3.8) is 0 Å². The summed E-state index contributed by atoms with van der Waals surface area (Å²) < 4.78 is 17.0. The SMILES string of the molecule is CCc1cc(-c2cc(F)c3cc(C4CCN(CCO)CC4)nnc3c2)nn2cc(C)nc12.Cl.Cl. The van der Waals surface area contributed by atoms with E-state index in [1.54, 1.807) is 4.52 Å². The van der Waals surface area contributed by atoms with Crippen molar-refractivity contribution in [2.24, 2.45) is 0 Å². The van der Waals surface area contributed by atoms with Gasteiger partial charge in [0.2, 0.25) is 0 Å².